The van der Waals surface area contributed by atoms with Gasteiger partial charge < -0.3 is 10.2 Å². The van der Waals surface area contributed by atoms with Crippen LogP contribution in [0.1, 0.15) is 12.5 Å². The molecule has 1 N–H and O–H groups in total. The van der Waals surface area contributed by atoms with Crippen LogP contribution in [0.2, 0.25) is 5.02 Å². The molecule has 0 aliphatic carbocycles. The second-order valence-electron chi connectivity index (χ2n) is 5.29. The van der Waals surface area contributed by atoms with Crippen molar-refractivity contribution < 1.29 is 0 Å². The number of hydrogen-bond acceptors (Lipinski definition) is 3. The van der Waals surface area contributed by atoms with Gasteiger partial charge in [0.25, 0.3) is 0 Å². The maximum Gasteiger partial charge on any atom is 0.0910 e. The van der Waals surface area contributed by atoms with Crippen molar-refractivity contribution in [3.05, 3.63) is 47.0 Å². The van der Waals surface area contributed by atoms with Gasteiger partial charge in [0.2, 0.25) is 0 Å². The molecule has 0 atom stereocenters. The lowest BCUT2D eigenvalue weighted by Crippen LogP contribution is -2.14. The summed E-state index contributed by atoms with van der Waals surface area (Å²) in [7, 11) is 1.98. The molecule has 0 bridgehead atoms. The topological polar surface area (TPSA) is 27.6 Å². The molecule has 0 aromatic heterocycles. The highest BCUT2D eigenvalue weighted by atomic mass is 35.5. The molecule has 23 heavy (non-hydrogen) atoms. The first-order valence-corrected chi connectivity index (χ1v) is 9.09. The van der Waals surface area contributed by atoms with Gasteiger partial charge in [-0.25, -0.2) is 4.99 Å². The maximum atomic E-state index is 6.37. The van der Waals surface area contributed by atoms with E-state index in [-0.39, 0.29) is 0 Å². The van der Waals surface area contributed by atoms with Crippen LogP contribution in [-0.4, -0.2) is 31.1 Å². The van der Waals surface area contributed by atoms with Crippen molar-refractivity contribution in [3.8, 4) is 0 Å². The van der Waals surface area contributed by atoms with Crippen molar-refractivity contribution in [2.45, 2.75) is 18.7 Å². The van der Waals surface area contributed by atoms with E-state index in [1.807, 2.05) is 24.1 Å². The van der Waals surface area contributed by atoms with E-state index in [2.05, 4.69) is 54.7 Å². The third-order valence-corrected chi connectivity index (χ3v) is 4.60. The van der Waals surface area contributed by atoms with Crippen molar-refractivity contribution in [2.75, 3.05) is 25.2 Å². The van der Waals surface area contributed by atoms with Gasteiger partial charge in [-0.05, 0) is 62.1 Å². The molecule has 122 valence electrons. The van der Waals surface area contributed by atoms with Crippen molar-refractivity contribution in [3.63, 3.8) is 0 Å². The van der Waals surface area contributed by atoms with E-state index in [4.69, 9.17) is 11.6 Å². The van der Waals surface area contributed by atoms with E-state index in [1.54, 1.807) is 18.1 Å². The summed E-state index contributed by atoms with van der Waals surface area (Å²) < 4.78 is 0. The highest BCUT2D eigenvalue weighted by Gasteiger charge is 2.06. The molecule has 3 nitrogen and oxygen atoms in total. The largest absolute Gasteiger partial charge is 0.366 e. The molecule has 0 heterocycles. The number of aryl methyl sites for hydroxylation is 1. The molecule has 2 rings (SSSR count). The third kappa shape index (κ3) is 4.91. The van der Waals surface area contributed by atoms with Crippen LogP contribution in [0.15, 0.2) is 46.3 Å². The van der Waals surface area contributed by atoms with Crippen LogP contribution in [0.5, 0.6) is 0 Å². The number of benzene rings is 2. The summed E-state index contributed by atoms with van der Waals surface area (Å²) in [6, 6.07) is 12.3. The van der Waals surface area contributed by atoms with Gasteiger partial charge >= 0.3 is 0 Å². The van der Waals surface area contributed by atoms with Crippen molar-refractivity contribution in [1.29, 1.82) is 0 Å². The van der Waals surface area contributed by atoms with Gasteiger partial charge in [-0.3, -0.25) is 0 Å². The number of hydrogen-bond donors (Lipinski definition) is 1. The van der Waals surface area contributed by atoms with Crippen molar-refractivity contribution in [2.24, 2.45) is 4.99 Å². The zero-order valence-electron chi connectivity index (χ0n) is 13.9. The van der Waals surface area contributed by atoms with Crippen molar-refractivity contribution in [1.82, 2.24) is 4.90 Å². The first kappa shape index (κ1) is 17.7. The van der Waals surface area contributed by atoms with Gasteiger partial charge in [-0.15, -0.1) is 11.8 Å². The van der Waals surface area contributed by atoms with Gasteiger partial charge in [0, 0.05) is 29.9 Å². The molecular weight excluding hydrogens is 326 g/mol. The molecule has 2 aromatic carbocycles. The molecule has 0 aliphatic rings. The number of halogens is 1. The van der Waals surface area contributed by atoms with Crippen LogP contribution in [0.4, 0.5) is 17.1 Å². The predicted octanol–water partition coefficient (Wildman–Crippen LogP) is 5.73. The zero-order chi connectivity index (χ0) is 16.8. The van der Waals surface area contributed by atoms with Crippen LogP contribution < -0.4 is 5.32 Å². The molecule has 0 spiro atoms. The smallest absolute Gasteiger partial charge is 0.0910 e. The summed E-state index contributed by atoms with van der Waals surface area (Å²) in [5.74, 6) is 0. The molecule has 5 heteroatoms. The fourth-order valence-electron chi connectivity index (χ4n) is 1.97. The molecule has 0 amide bonds. The molecular formula is C18H22ClN3S. The Hall–Kier alpha value is -1.65. The van der Waals surface area contributed by atoms with Crippen LogP contribution >= 0.6 is 23.4 Å². The highest BCUT2D eigenvalue weighted by molar-refractivity contribution is 7.98. The van der Waals surface area contributed by atoms with Gasteiger partial charge in [-0.2, -0.15) is 0 Å². The lowest BCUT2D eigenvalue weighted by atomic mass is 10.1. The Morgan fingerprint density at radius 2 is 1.96 bits per heavy atom. The number of aliphatic imine (C=N–C) groups is 1. The van der Waals surface area contributed by atoms with E-state index in [0.717, 1.165) is 29.2 Å². The third-order valence-electron chi connectivity index (χ3n) is 3.56. The summed E-state index contributed by atoms with van der Waals surface area (Å²) in [6.45, 7) is 5.04. The molecule has 0 unspecified atom stereocenters. The SMILES string of the molecule is CCN(C)C=Nc1cc(C)c(Nc2ccc(SC)cc2)cc1Cl. The zero-order valence-corrected chi connectivity index (χ0v) is 15.5. The maximum absolute atomic E-state index is 6.37. The minimum Gasteiger partial charge on any atom is -0.366 e. The van der Waals surface area contributed by atoms with E-state index in [1.165, 1.54) is 4.90 Å². The number of thioether (sulfide) groups is 1. The summed E-state index contributed by atoms with van der Waals surface area (Å²) in [4.78, 5) is 7.70. The van der Waals surface area contributed by atoms with E-state index < -0.39 is 0 Å². The number of nitrogens with one attached hydrogen (secondary N) is 1. The Bertz CT molecular complexity index is 683. The van der Waals surface area contributed by atoms with E-state index in [9.17, 15) is 0 Å². The monoisotopic (exact) mass is 347 g/mol. The number of anilines is 2. The van der Waals surface area contributed by atoms with Crippen LogP contribution in [0.3, 0.4) is 0 Å². The summed E-state index contributed by atoms with van der Waals surface area (Å²) in [5, 5.41) is 4.05. The van der Waals surface area contributed by atoms with E-state index >= 15 is 0 Å². The van der Waals surface area contributed by atoms with E-state index in [0.29, 0.717) is 5.02 Å². The van der Waals surface area contributed by atoms with Crippen molar-refractivity contribution >= 4 is 46.8 Å². The first-order chi connectivity index (χ1) is 11.0. The molecule has 0 fully saturated rings. The van der Waals surface area contributed by atoms with Gasteiger partial charge in [-0.1, -0.05) is 11.6 Å². The normalized spacial score (nSPS) is 11.0. The van der Waals surface area contributed by atoms with Gasteiger partial charge in [0.05, 0.1) is 17.0 Å². The predicted molar refractivity (Wildman–Crippen MR) is 104 cm³/mol. The van der Waals surface area contributed by atoms with Gasteiger partial charge in [0.15, 0.2) is 0 Å². The number of nitrogens with zero attached hydrogens (tertiary/aromatic N) is 2. The summed E-state index contributed by atoms with van der Waals surface area (Å²) >= 11 is 8.10. The average Bonchev–Trinajstić information content (AvgIpc) is 2.57. The minimum absolute atomic E-state index is 0.639. The Kier molecular flexibility index (Phi) is 6.37. The Labute approximate surface area is 147 Å². The second-order valence-corrected chi connectivity index (χ2v) is 6.58. The molecule has 0 saturated heterocycles. The lowest BCUT2D eigenvalue weighted by molar-refractivity contribution is 0.552. The minimum atomic E-state index is 0.639. The molecule has 2 aromatic rings. The Morgan fingerprint density at radius 3 is 2.57 bits per heavy atom. The van der Waals surface area contributed by atoms with Crippen LogP contribution in [-0.2, 0) is 0 Å². The molecule has 0 radical (unpaired) electrons. The number of rotatable bonds is 6. The Morgan fingerprint density at radius 1 is 1.26 bits per heavy atom. The quantitative estimate of drug-likeness (QED) is 0.411. The molecule has 0 saturated carbocycles. The first-order valence-electron chi connectivity index (χ1n) is 7.49. The Balaban J connectivity index is 2.20. The lowest BCUT2D eigenvalue weighted by Gasteiger charge is -2.13. The fourth-order valence-corrected chi connectivity index (χ4v) is 2.59. The highest BCUT2D eigenvalue weighted by Crippen LogP contribution is 2.32. The second kappa shape index (κ2) is 8.27. The average molecular weight is 348 g/mol. The van der Waals surface area contributed by atoms with Gasteiger partial charge in [0.1, 0.15) is 0 Å². The summed E-state index contributed by atoms with van der Waals surface area (Å²) in [5.41, 5.74) is 3.93. The molecule has 0 aliphatic heterocycles. The van der Waals surface area contributed by atoms with Crippen LogP contribution in [0, 0.1) is 6.92 Å². The van der Waals surface area contributed by atoms with Crippen LogP contribution in [0.25, 0.3) is 0 Å². The fraction of sp³-hybridized carbons (Fsp3) is 0.278. The standard InChI is InChI=1S/C18H22ClN3S/c1-5-22(3)12-20-18-10-13(2)17(11-16(18)19)21-14-6-8-15(23-4)9-7-14/h6-12,21H,5H2,1-4H3. The summed E-state index contributed by atoms with van der Waals surface area (Å²) in [6.07, 6.45) is 3.87.